The third-order valence-corrected chi connectivity index (χ3v) is 11.8. The molecule has 0 spiro atoms. The van der Waals surface area contributed by atoms with Gasteiger partial charge in [-0.15, -0.1) is 0 Å². The minimum Gasteiger partial charge on any atom is -0.455 e. The van der Waals surface area contributed by atoms with Crippen LogP contribution in [0, 0.1) is 0 Å². The predicted molar refractivity (Wildman–Crippen MR) is 226 cm³/mol. The van der Waals surface area contributed by atoms with Gasteiger partial charge < -0.3 is 4.42 Å². The van der Waals surface area contributed by atoms with E-state index in [1.165, 1.54) is 61.0 Å². The molecule has 3 heteroatoms. The number of rotatable bonds is 5. The minimum atomic E-state index is 0.286. The molecule has 0 fully saturated rings. The Labute approximate surface area is 316 Å². The third-order valence-electron chi connectivity index (χ3n) is 11.8. The van der Waals surface area contributed by atoms with E-state index < -0.39 is 0 Å². The highest BCUT2D eigenvalue weighted by atomic mass is 16.3. The average molecular weight is 701 g/mol. The van der Waals surface area contributed by atoms with Crippen LogP contribution in [0.15, 0.2) is 138 Å². The maximum atomic E-state index is 7.23. The van der Waals surface area contributed by atoms with Crippen LogP contribution in [0.4, 0.5) is 0 Å². The van der Waals surface area contributed by atoms with Crippen molar-refractivity contribution >= 4 is 43.7 Å². The summed E-state index contributed by atoms with van der Waals surface area (Å²) in [6, 6.07) is 49.4. The van der Waals surface area contributed by atoms with Crippen molar-refractivity contribution in [1.29, 1.82) is 0 Å². The van der Waals surface area contributed by atoms with Crippen molar-refractivity contribution in [2.24, 2.45) is 0 Å². The van der Waals surface area contributed by atoms with Crippen LogP contribution < -0.4 is 0 Å². The highest BCUT2D eigenvalue weighted by Crippen LogP contribution is 2.44. The summed E-state index contributed by atoms with van der Waals surface area (Å²) in [5, 5.41) is 4.86. The van der Waals surface area contributed by atoms with E-state index in [1.54, 1.807) is 0 Å². The fourth-order valence-corrected chi connectivity index (χ4v) is 8.90. The molecule has 9 aromatic rings. The first kappa shape index (κ1) is 32.7. The molecule has 0 amide bonds. The Hall–Kier alpha value is -5.93. The maximum absolute atomic E-state index is 7.23. The zero-order valence-corrected chi connectivity index (χ0v) is 31.5. The van der Waals surface area contributed by atoms with Gasteiger partial charge in [0.15, 0.2) is 0 Å². The Morgan fingerprint density at radius 1 is 0.537 bits per heavy atom. The van der Waals surface area contributed by atoms with E-state index in [9.17, 15) is 0 Å². The van der Waals surface area contributed by atoms with Crippen LogP contribution >= 0.6 is 0 Å². The number of para-hydroxylation sites is 3. The molecule has 4 aliphatic carbocycles. The fraction of sp³-hybridized carbons (Fsp3) is 0.196. The molecule has 0 saturated heterocycles. The van der Waals surface area contributed by atoms with E-state index >= 15 is 0 Å². The van der Waals surface area contributed by atoms with E-state index in [4.69, 9.17) is 9.40 Å². The second kappa shape index (κ2) is 12.9. The maximum Gasteiger partial charge on any atom is 0.149 e. The van der Waals surface area contributed by atoms with Crippen LogP contribution in [0.5, 0.6) is 0 Å². The summed E-state index contributed by atoms with van der Waals surface area (Å²) in [4.78, 5) is 5.44. The second-order valence-electron chi connectivity index (χ2n) is 15.8. The number of hydrogen-bond acceptors (Lipinski definition) is 2. The number of imidazole rings is 1. The van der Waals surface area contributed by atoms with Gasteiger partial charge in [-0.3, -0.25) is 4.57 Å². The van der Waals surface area contributed by atoms with Gasteiger partial charge in [-0.05, 0) is 124 Å². The summed E-state index contributed by atoms with van der Waals surface area (Å²) >= 11 is 0. The van der Waals surface area contributed by atoms with Crippen LogP contribution in [-0.4, -0.2) is 9.55 Å². The summed E-state index contributed by atoms with van der Waals surface area (Å²) < 4.78 is 9.67. The molecule has 13 rings (SSSR count). The predicted octanol–water partition coefficient (Wildman–Crippen LogP) is 13.5. The van der Waals surface area contributed by atoms with Gasteiger partial charge in [-0.25, -0.2) is 4.98 Å². The van der Waals surface area contributed by atoms with Crippen LogP contribution in [0.3, 0.4) is 0 Å². The standard InChI is InChI=1S/C51H44N2O/c1-31(2)43-29-38(35-11-6-5-7-12-35)30-44(32(3)4)48(43)53-46-16-9-8-15-45(46)52-51(53)42-14-10-13-40-41-28-27-39-36-23-21-33-17-19-34(20-18-33)22-24-37(26-25-36)47(39)50(41)54-49(40)42/h5-20,25-32H,21-24H2,1-4H3. The molecule has 264 valence electrons. The van der Waals surface area contributed by atoms with Gasteiger partial charge in [0.05, 0.1) is 22.3 Å². The van der Waals surface area contributed by atoms with Gasteiger partial charge in [0.25, 0.3) is 0 Å². The normalized spacial score (nSPS) is 13.2. The molecule has 0 unspecified atom stereocenters. The number of furan rings is 1. The van der Waals surface area contributed by atoms with Crippen LogP contribution in [0.1, 0.15) is 72.9 Å². The molecule has 7 aromatic carbocycles. The molecule has 0 saturated carbocycles. The van der Waals surface area contributed by atoms with E-state index in [0.717, 1.165) is 70.0 Å². The number of hydrogen-bond donors (Lipinski definition) is 0. The number of benzene rings is 7. The molecule has 3 nitrogen and oxygen atoms in total. The quantitative estimate of drug-likeness (QED) is 0.179. The van der Waals surface area contributed by atoms with Gasteiger partial charge in [0.1, 0.15) is 17.0 Å². The number of aromatic nitrogens is 2. The van der Waals surface area contributed by atoms with Gasteiger partial charge in [0, 0.05) is 16.2 Å². The van der Waals surface area contributed by atoms with Crippen molar-refractivity contribution in [1.82, 2.24) is 9.55 Å². The SMILES string of the molecule is CC(C)c1cc(-c2ccccc2)cc(C(C)C)c1-n1c(-c2cccc3c2oc2c3ccc3c4ccc(c32)CCc2ccc(cc2)CC4)nc2ccccc21. The summed E-state index contributed by atoms with van der Waals surface area (Å²) in [6.45, 7) is 9.24. The van der Waals surface area contributed by atoms with Crippen LogP contribution in [0.25, 0.3) is 71.9 Å². The molecule has 54 heavy (non-hydrogen) atoms. The van der Waals surface area contributed by atoms with Gasteiger partial charge in [-0.1, -0.05) is 125 Å². The third kappa shape index (κ3) is 5.28. The molecule has 4 bridgehead atoms. The second-order valence-corrected chi connectivity index (χ2v) is 15.8. The van der Waals surface area contributed by atoms with Gasteiger partial charge in [0.2, 0.25) is 0 Å². The highest BCUT2D eigenvalue weighted by molar-refractivity contribution is 6.18. The Morgan fingerprint density at radius 3 is 1.89 bits per heavy atom. The lowest BCUT2D eigenvalue weighted by molar-refractivity contribution is 0.672. The average Bonchev–Trinajstić information content (AvgIpc) is 3.77. The smallest absolute Gasteiger partial charge is 0.149 e. The van der Waals surface area contributed by atoms with Crippen molar-refractivity contribution < 1.29 is 4.42 Å². The first-order chi connectivity index (χ1) is 26.4. The number of fused-ring (bicyclic) bond motifs is 4. The Kier molecular flexibility index (Phi) is 7.80. The van der Waals surface area contributed by atoms with Gasteiger partial charge >= 0.3 is 0 Å². The lowest BCUT2D eigenvalue weighted by Gasteiger charge is -2.24. The lowest BCUT2D eigenvalue weighted by Crippen LogP contribution is -2.09. The highest BCUT2D eigenvalue weighted by Gasteiger charge is 2.26. The monoisotopic (exact) mass is 700 g/mol. The van der Waals surface area contributed by atoms with Crippen molar-refractivity contribution in [2.45, 2.75) is 65.2 Å². The van der Waals surface area contributed by atoms with Crippen molar-refractivity contribution in [2.75, 3.05) is 0 Å². The van der Waals surface area contributed by atoms with Gasteiger partial charge in [-0.2, -0.15) is 0 Å². The zero-order valence-electron chi connectivity index (χ0n) is 31.5. The molecule has 2 aromatic heterocycles. The first-order valence-electron chi connectivity index (χ1n) is 19.6. The Balaban J connectivity index is 1.24. The Morgan fingerprint density at radius 2 is 1.17 bits per heavy atom. The van der Waals surface area contributed by atoms with E-state index in [0.29, 0.717) is 0 Å². The molecule has 0 atom stereocenters. The lowest BCUT2D eigenvalue weighted by atomic mass is 9.88. The van der Waals surface area contributed by atoms with E-state index in [2.05, 4.69) is 166 Å². The molecule has 4 aliphatic rings. The Bertz CT molecular complexity index is 2840. The number of aryl methyl sites for hydroxylation is 4. The summed E-state index contributed by atoms with van der Waals surface area (Å²) in [5.74, 6) is 1.48. The van der Waals surface area contributed by atoms with E-state index in [1.807, 2.05) is 0 Å². The zero-order chi connectivity index (χ0) is 36.5. The summed E-state index contributed by atoms with van der Waals surface area (Å²) in [7, 11) is 0. The molecule has 0 radical (unpaired) electrons. The first-order valence-corrected chi connectivity index (χ1v) is 19.6. The minimum absolute atomic E-state index is 0.286. The molecule has 0 aliphatic heterocycles. The van der Waals surface area contributed by atoms with Crippen LogP contribution in [-0.2, 0) is 25.7 Å². The largest absolute Gasteiger partial charge is 0.455 e. The molecule has 0 N–H and O–H groups in total. The summed E-state index contributed by atoms with van der Waals surface area (Å²) in [6.07, 6.45) is 3.98. The van der Waals surface area contributed by atoms with E-state index in [-0.39, 0.29) is 11.8 Å². The molecular formula is C51H44N2O. The van der Waals surface area contributed by atoms with Crippen molar-refractivity contribution in [3.8, 4) is 28.2 Å². The van der Waals surface area contributed by atoms with Crippen molar-refractivity contribution in [3.63, 3.8) is 0 Å². The number of nitrogens with zero attached hydrogens (tertiary/aromatic N) is 2. The van der Waals surface area contributed by atoms with Crippen LogP contribution in [0.2, 0.25) is 0 Å². The summed E-state index contributed by atoms with van der Waals surface area (Å²) in [5.41, 5.74) is 16.8. The van der Waals surface area contributed by atoms with Crippen molar-refractivity contribution in [3.05, 3.63) is 167 Å². The fourth-order valence-electron chi connectivity index (χ4n) is 8.90. The topological polar surface area (TPSA) is 31.0 Å². The molecular weight excluding hydrogens is 657 g/mol. The molecule has 2 heterocycles.